The Morgan fingerprint density at radius 1 is 0.545 bits per heavy atom. The first-order valence-electron chi connectivity index (χ1n) is 10.7. The summed E-state index contributed by atoms with van der Waals surface area (Å²) in [5, 5.41) is 0. The van der Waals surface area contributed by atoms with Gasteiger partial charge in [-0.15, -0.1) is 0 Å². The summed E-state index contributed by atoms with van der Waals surface area (Å²) >= 11 is 0. The van der Waals surface area contributed by atoms with Gasteiger partial charge in [-0.1, -0.05) is 48.5 Å². The third-order valence-electron chi connectivity index (χ3n) is 5.44. The summed E-state index contributed by atoms with van der Waals surface area (Å²) in [5.41, 5.74) is 5.79. The Morgan fingerprint density at radius 3 is 1.52 bits per heavy atom. The SMILES string of the molecule is c1cc(OCOc2cccc(-c3nc4ccccc4[nH]3)c2)cc(-c2nc3ccccc3[nH]2)c1. The van der Waals surface area contributed by atoms with Gasteiger partial charge in [0.2, 0.25) is 6.79 Å². The minimum absolute atomic E-state index is 0.0904. The number of hydrogen-bond donors (Lipinski definition) is 2. The lowest BCUT2D eigenvalue weighted by Crippen LogP contribution is -2.05. The van der Waals surface area contributed by atoms with Crippen LogP contribution in [0.2, 0.25) is 0 Å². The Kier molecular flexibility index (Phi) is 4.73. The van der Waals surface area contributed by atoms with Crippen LogP contribution in [0.5, 0.6) is 11.5 Å². The van der Waals surface area contributed by atoms with Crippen LogP contribution in [0.25, 0.3) is 44.8 Å². The van der Waals surface area contributed by atoms with Crippen LogP contribution in [-0.4, -0.2) is 26.7 Å². The maximum absolute atomic E-state index is 5.85. The van der Waals surface area contributed by atoms with E-state index < -0.39 is 0 Å². The van der Waals surface area contributed by atoms with E-state index in [-0.39, 0.29) is 6.79 Å². The van der Waals surface area contributed by atoms with Crippen molar-refractivity contribution in [3.05, 3.63) is 97.1 Å². The number of H-pyrrole nitrogens is 2. The molecule has 6 aromatic rings. The number of imidazole rings is 2. The van der Waals surface area contributed by atoms with Crippen LogP contribution in [0, 0.1) is 0 Å². The molecule has 6 heteroatoms. The molecule has 6 rings (SSSR count). The van der Waals surface area contributed by atoms with Crippen molar-refractivity contribution >= 4 is 22.1 Å². The molecule has 4 aromatic carbocycles. The number of hydrogen-bond acceptors (Lipinski definition) is 4. The Labute approximate surface area is 189 Å². The number of nitrogens with zero attached hydrogens (tertiary/aromatic N) is 2. The molecule has 0 radical (unpaired) electrons. The molecule has 160 valence electrons. The second-order valence-corrected chi connectivity index (χ2v) is 7.67. The predicted molar refractivity (Wildman–Crippen MR) is 129 cm³/mol. The van der Waals surface area contributed by atoms with Gasteiger partial charge in [0.1, 0.15) is 23.1 Å². The van der Waals surface area contributed by atoms with Crippen molar-refractivity contribution in [3.8, 4) is 34.3 Å². The van der Waals surface area contributed by atoms with Crippen LogP contribution in [-0.2, 0) is 0 Å². The highest BCUT2D eigenvalue weighted by molar-refractivity contribution is 5.80. The monoisotopic (exact) mass is 432 g/mol. The summed E-state index contributed by atoms with van der Waals surface area (Å²) in [6, 6.07) is 31.5. The molecule has 0 fully saturated rings. The van der Waals surface area contributed by atoms with Crippen LogP contribution in [0.1, 0.15) is 0 Å². The summed E-state index contributed by atoms with van der Waals surface area (Å²) in [6.45, 7) is 0.0904. The number of ether oxygens (including phenoxy) is 2. The Bertz CT molecular complexity index is 1380. The van der Waals surface area contributed by atoms with Gasteiger partial charge < -0.3 is 19.4 Å². The molecule has 0 unspecified atom stereocenters. The lowest BCUT2D eigenvalue weighted by molar-refractivity contribution is 0.120. The van der Waals surface area contributed by atoms with E-state index in [1.807, 2.05) is 97.1 Å². The topological polar surface area (TPSA) is 75.8 Å². The van der Waals surface area contributed by atoms with Crippen molar-refractivity contribution in [3.63, 3.8) is 0 Å². The third-order valence-corrected chi connectivity index (χ3v) is 5.44. The fraction of sp³-hybridized carbons (Fsp3) is 0.0370. The molecule has 0 aliphatic heterocycles. The lowest BCUT2D eigenvalue weighted by atomic mass is 10.2. The number of benzene rings is 4. The zero-order valence-electron chi connectivity index (χ0n) is 17.7. The normalized spacial score (nSPS) is 11.2. The van der Waals surface area contributed by atoms with Crippen LogP contribution in [0.4, 0.5) is 0 Å². The van der Waals surface area contributed by atoms with Gasteiger partial charge in [0.25, 0.3) is 0 Å². The van der Waals surface area contributed by atoms with Crippen molar-refractivity contribution in [1.82, 2.24) is 19.9 Å². The predicted octanol–water partition coefficient (Wildman–Crippen LogP) is 6.19. The second-order valence-electron chi connectivity index (χ2n) is 7.67. The Hall–Kier alpha value is -4.58. The van der Waals surface area contributed by atoms with Crippen LogP contribution in [0.3, 0.4) is 0 Å². The van der Waals surface area contributed by atoms with E-state index in [1.54, 1.807) is 0 Å². The average Bonchev–Trinajstić information content (AvgIpc) is 3.49. The van der Waals surface area contributed by atoms with E-state index >= 15 is 0 Å². The summed E-state index contributed by atoms with van der Waals surface area (Å²) in [6.07, 6.45) is 0. The van der Waals surface area contributed by atoms with Crippen molar-refractivity contribution in [2.75, 3.05) is 6.79 Å². The van der Waals surface area contributed by atoms with E-state index in [4.69, 9.17) is 9.47 Å². The van der Waals surface area contributed by atoms with E-state index in [0.29, 0.717) is 11.5 Å². The van der Waals surface area contributed by atoms with Crippen molar-refractivity contribution in [2.45, 2.75) is 0 Å². The van der Waals surface area contributed by atoms with Gasteiger partial charge in [-0.3, -0.25) is 0 Å². The highest BCUT2D eigenvalue weighted by atomic mass is 16.7. The molecule has 0 bridgehead atoms. The van der Waals surface area contributed by atoms with E-state index in [0.717, 1.165) is 44.8 Å². The van der Waals surface area contributed by atoms with Gasteiger partial charge >= 0.3 is 0 Å². The van der Waals surface area contributed by atoms with E-state index in [2.05, 4.69) is 19.9 Å². The molecule has 0 aliphatic rings. The Balaban J connectivity index is 1.15. The largest absolute Gasteiger partial charge is 0.457 e. The maximum atomic E-state index is 5.85. The van der Waals surface area contributed by atoms with Crippen molar-refractivity contribution in [1.29, 1.82) is 0 Å². The van der Waals surface area contributed by atoms with Gasteiger partial charge in [0.15, 0.2) is 0 Å². The smallest absolute Gasteiger partial charge is 0.230 e. The quantitative estimate of drug-likeness (QED) is 0.308. The molecule has 0 amide bonds. The second kappa shape index (κ2) is 8.16. The summed E-state index contributed by atoms with van der Waals surface area (Å²) in [5.74, 6) is 3.03. The molecule has 0 saturated heterocycles. The van der Waals surface area contributed by atoms with Gasteiger partial charge in [0, 0.05) is 11.1 Å². The number of para-hydroxylation sites is 4. The van der Waals surface area contributed by atoms with Crippen LogP contribution < -0.4 is 9.47 Å². The third kappa shape index (κ3) is 3.90. The molecule has 0 aliphatic carbocycles. The molecule has 0 atom stereocenters. The molecule has 2 aromatic heterocycles. The molecular formula is C27H20N4O2. The first-order chi connectivity index (χ1) is 16.3. The fourth-order valence-corrected chi connectivity index (χ4v) is 3.81. The molecule has 0 saturated carbocycles. The zero-order chi connectivity index (χ0) is 22.0. The standard InChI is InChI=1S/C27H20N4O2/c1-2-12-23-22(11-1)28-26(29-23)18-7-5-9-20(15-18)32-17-33-21-10-6-8-19(16-21)27-30-24-13-3-4-14-25(24)31-27/h1-16H,17H2,(H,28,29)(H,30,31). The number of rotatable bonds is 6. The van der Waals surface area contributed by atoms with E-state index in [1.165, 1.54) is 0 Å². The first-order valence-corrected chi connectivity index (χ1v) is 10.7. The van der Waals surface area contributed by atoms with Gasteiger partial charge in [-0.05, 0) is 48.5 Å². The molecule has 0 spiro atoms. The molecule has 2 N–H and O–H groups in total. The minimum atomic E-state index is 0.0904. The molecule has 33 heavy (non-hydrogen) atoms. The summed E-state index contributed by atoms with van der Waals surface area (Å²) in [4.78, 5) is 16.0. The number of nitrogens with one attached hydrogen (secondary N) is 2. The summed E-state index contributed by atoms with van der Waals surface area (Å²) < 4.78 is 11.7. The molecular weight excluding hydrogens is 412 g/mol. The van der Waals surface area contributed by atoms with Crippen molar-refractivity contribution in [2.24, 2.45) is 0 Å². The van der Waals surface area contributed by atoms with Gasteiger partial charge in [-0.2, -0.15) is 0 Å². The Morgan fingerprint density at radius 2 is 1.03 bits per heavy atom. The van der Waals surface area contributed by atoms with Crippen molar-refractivity contribution < 1.29 is 9.47 Å². The van der Waals surface area contributed by atoms with Gasteiger partial charge in [-0.25, -0.2) is 9.97 Å². The molecule has 6 nitrogen and oxygen atoms in total. The van der Waals surface area contributed by atoms with Crippen LogP contribution in [0.15, 0.2) is 97.1 Å². The van der Waals surface area contributed by atoms with Crippen LogP contribution >= 0.6 is 0 Å². The number of aromatic nitrogens is 4. The van der Waals surface area contributed by atoms with Gasteiger partial charge in [0.05, 0.1) is 22.1 Å². The first kappa shape index (κ1) is 19.1. The maximum Gasteiger partial charge on any atom is 0.230 e. The highest BCUT2D eigenvalue weighted by Crippen LogP contribution is 2.26. The molecule has 2 heterocycles. The zero-order valence-corrected chi connectivity index (χ0v) is 17.7. The summed E-state index contributed by atoms with van der Waals surface area (Å²) in [7, 11) is 0. The minimum Gasteiger partial charge on any atom is -0.457 e. The number of fused-ring (bicyclic) bond motifs is 2. The van der Waals surface area contributed by atoms with E-state index in [9.17, 15) is 0 Å². The highest BCUT2D eigenvalue weighted by Gasteiger charge is 2.08. The lowest BCUT2D eigenvalue weighted by Gasteiger charge is -2.10. The fourth-order valence-electron chi connectivity index (χ4n) is 3.81. The average molecular weight is 432 g/mol. The number of aromatic amines is 2.